The van der Waals surface area contributed by atoms with Crippen molar-refractivity contribution in [1.82, 2.24) is 10.2 Å². The first-order chi connectivity index (χ1) is 8.98. The Morgan fingerprint density at radius 2 is 2.11 bits per heavy atom. The molecule has 19 heavy (non-hydrogen) atoms. The Bertz CT molecular complexity index is 411. The molecule has 0 spiro atoms. The van der Waals surface area contributed by atoms with Crippen LogP contribution in [0.1, 0.15) is 39.0 Å². The maximum Gasteiger partial charge on any atom is 0.317 e. The van der Waals surface area contributed by atoms with Gasteiger partial charge in [0.2, 0.25) is 0 Å². The summed E-state index contributed by atoms with van der Waals surface area (Å²) in [6, 6.07) is 0.255. The minimum atomic E-state index is -0.803. The van der Waals surface area contributed by atoms with Crippen molar-refractivity contribution in [1.29, 1.82) is 0 Å². The molecule has 2 amide bonds. The summed E-state index contributed by atoms with van der Waals surface area (Å²) in [6.07, 6.45) is 5.48. The molecule has 2 aliphatic carbocycles. The van der Waals surface area contributed by atoms with Crippen LogP contribution in [0, 0.1) is 17.3 Å². The van der Waals surface area contributed by atoms with Crippen LogP contribution in [0.5, 0.6) is 0 Å². The van der Waals surface area contributed by atoms with Gasteiger partial charge in [0.05, 0.1) is 5.41 Å². The quantitative estimate of drug-likeness (QED) is 0.799. The highest BCUT2D eigenvalue weighted by molar-refractivity contribution is 5.79. The Kier molecular flexibility index (Phi) is 2.95. The normalized spacial score (nSPS) is 40.7. The van der Waals surface area contributed by atoms with Crippen molar-refractivity contribution in [2.24, 2.45) is 17.3 Å². The van der Waals surface area contributed by atoms with Gasteiger partial charge in [0.15, 0.2) is 0 Å². The Morgan fingerprint density at radius 1 is 1.32 bits per heavy atom. The third-order valence-corrected chi connectivity index (χ3v) is 5.32. The highest BCUT2D eigenvalue weighted by Gasteiger charge is 2.44. The summed E-state index contributed by atoms with van der Waals surface area (Å²) in [6.45, 7) is 2.60. The number of nitrogens with one attached hydrogen (secondary N) is 1. The molecule has 0 aromatic rings. The van der Waals surface area contributed by atoms with Gasteiger partial charge in [-0.25, -0.2) is 4.79 Å². The van der Waals surface area contributed by atoms with Gasteiger partial charge in [0.25, 0.3) is 0 Å². The summed E-state index contributed by atoms with van der Waals surface area (Å²) in [4.78, 5) is 25.1. The van der Waals surface area contributed by atoms with Crippen molar-refractivity contribution in [2.75, 3.05) is 13.1 Å². The van der Waals surface area contributed by atoms with Gasteiger partial charge in [-0.1, -0.05) is 6.42 Å². The molecule has 2 saturated carbocycles. The zero-order chi connectivity index (χ0) is 13.6. The average Bonchev–Trinajstić information content (AvgIpc) is 3.04. The van der Waals surface area contributed by atoms with E-state index in [0.29, 0.717) is 31.5 Å². The van der Waals surface area contributed by atoms with Gasteiger partial charge in [0, 0.05) is 19.1 Å². The van der Waals surface area contributed by atoms with E-state index in [0.717, 1.165) is 12.3 Å². The van der Waals surface area contributed by atoms with Crippen LogP contribution < -0.4 is 5.32 Å². The molecular formula is C14H22N2O3. The second kappa shape index (κ2) is 4.39. The number of rotatable bonds is 2. The Morgan fingerprint density at radius 3 is 2.63 bits per heavy atom. The fourth-order valence-corrected chi connectivity index (χ4v) is 3.98. The van der Waals surface area contributed by atoms with Crippen molar-refractivity contribution in [3.63, 3.8) is 0 Å². The lowest BCUT2D eigenvalue weighted by atomic mass is 9.90. The van der Waals surface area contributed by atoms with Crippen molar-refractivity contribution in [2.45, 2.75) is 45.1 Å². The molecule has 3 rings (SSSR count). The molecule has 3 aliphatic rings. The summed E-state index contributed by atoms with van der Waals surface area (Å²) in [7, 11) is 0. The molecule has 0 radical (unpaired) electrons. The molecule has 5 nitrogen and oxygen atoms in total. The van der Waals surface area contributed by atoms with Gasteiger partial charge in [0.1, 0.15) is 0 Å². The van der Waals surface area contributed by atoms with Crippen LogP contribution in [0.25, 0.3) is 0 Å². The standard InChI is InChI=1S/C14H22N2O3/c1-14(12(17)18)4-5-16(8-14)13(19)15-11-7-9-2-3-10(11)6-9/h9-11H,2-8H2,1H3,(H,15,19)(H,17,18). The number of hydrogen-bond acceptors (Lipinski definition) is 2. The molecule has 4 atom stereocenters. The molecule has 5 heteroatoms. The highest BCUT2D eigenvalue weighted by Crippen LogP contribution is 2.44. The minimum Gasteiger partial charge on any atom is -0.481 e. The second-order valence-corrected chi connectivity index (χ2v) is 6.77. The largest absolute Gasteiger partial charge is 0.481 e. The van der Waals surface area contributed by atoms with Crippen molar-refractivity contribution >= 4 is 12.0 Å². The number of fused-ring (bicyclic) bond motifs is 2. The van der Waals surface area contributed by atoms with Crippen molar-refractivity contribution in [3.8, 4) is 0 Å². The predicted octanol–water partition coefficient (Wildman–Crippen LogP) is 1.68. The van der Waals surface area contributed by atoms with E-state index in [1.165, 1.54) is 19.3 Å². The molecule has 4 unspecified atom stereocenters. The Labute approximate surface area is 113 Å². The fourth-order valence-electron chi connectivity index (χ4n) is 3.98. The van der Waals surface area contributed by atoms with E-state index in [1.807, 2.05) is 0 Å². The Hall–Kier alpha value is -1.26. The lowest BCUT2D eigenvalue weighted by Gasteiger charge is -2.27. The molecule has 3 fully saturated rings. The van der Waals surface area contributed by atoms with E-state index in [2.05, 4.69) is 5.32 Å². The van der Waals surface area contributed by atoms with Crippen LogP contribution in [-0.4, -0.2) is 41.1 Å². The van der Waals surface area contributed by atoms with E-state index in [-0.39, 0.29) is 6.03 Å². The number of carboxylic acids is 1. The number of urea groups is 1. The first-order valence-electron chi connectivity index (χ1n) is 7.27. The maximum atomic E-state index is 12.2. The number of carbonyl (C=O) groups is 2. The summed E-state index contributed by atoms with van der Waals surface area (Å²) in [5.41, 5.74) is -0.772. The number of carboxylic acid groups (broad SMARTS) is 1. The van der Waals surface area contributed by atoms with Crippen LogP contribution in [0.4, 0.5) is 4.79 Å². The number of nitrogens with zero attached hydrogens (tertiary/aromatic N) is 1. The number of carbonyl (C=O) groups excluding carboxylic acids is 1. The molecule has 1 aliphatic heterocycles. The van der Waals surface area contributed by atoms with Gasteiger partial charge in [-0.05, 0) is 44.4 Å². The molecule has 1 saturated heterocycles. The molecular weight excluding hydrogens is 244 g/mol. The topological polar surface area (TPSA) is 69.6 Å². The highest BCUT2D eigenvalue weighted by atomic mass is 16.4. The molecule has 106 valence electrons. The summed E-state index contributed by atoms with van der Waals surface area (Å²) >= 11 is 0. The molecule has 1 heterocycles. The van der Waals surface area contributed by atoms with E-state index in [9.17, 15) is 14.7 Å². The van der Waals surface area contributed by atoms with Crippen molar-refractivity contribution < 1.29 is 14.7 Å². The predicted molar refractivity (Wildman–Crippen MR) is 69.7 cm³/mol. The number of likely N-dealkylation sites (tertiary alicyclic amines) is 1. The smallest absolute Gasteiger partial charge is 0.317 e. The molecule has 0 aromatic heterocycles. The van der Waals surface area contributed by atoms with E-state index in [4.69, 9.17) is 0 Å². The monoisotopic (exact) mass is 266 g/mol. The van der Waals surface area contributed by atoms with Crippen LogP contribution in [0.15, 0.2) is 0 Å². The number of hydrogen-bond donors (Lipinski definition) is 2. The lowest BCUT2D eigenvalue weighted by molar-refractivity contribution is -0.146. The maximum absolute atomic E-state index is 12.2. The van der Waals surface area contributed by atoms with Crippen molar-refractivity contribution in [3.05, 3.63) is 0 Å². The number of aliphatic carboxylic acids is 1. The van der Waals surface area contributed by atoms with Crippen LogP contribution >= 0.6 is 0 Å². The third kappa shape index (κ3) is 2.19. The van der Waals surface area contributed by atoms with E-state index < -0.39 is 11.4 Å². The van der Waals surface area contributed by atoms with Gasteiger partial charge < -0.3 is 15.3 Å². The number of amides is 2. The molecule has 2 N–H and O–H groups in total. The van der Waals surface area contributed by atoms with E-state index in [1.54, 1.807) is 11.8 Å². The van der Waals surface area contributed by atoms with Gasteiger partial charge in [-0.15, -0.1) is 0 Å². The lowest BCUT2D eigenvalue weighted by Crippen LogP contribution is -2.46. The third-order valence-electron chi connectivity index (χ3n) is 5.32. The first kappa shape index (κ1) is 12.8. The van der Waals surface area contributed by atoms with E-state index >= 15 is 0 Å². The van der Waals surface area contributed by atoms with Gasteiger partial charge in [-0.3, -0.25) is 4.79 Å². The summed E-state index contributed by atoms with van der Waals surface area (Å²) in [5, 5.41) is 12.3. The van der Waals surface area contributed by atoms with Gasteiger partial charge >= 0.3 is 12.0 Å². The zero-order valence-electron chi connectivity index (χ0n) is 11.4. The average molecular weight is 266 g/mol. The fraction of sp³-hybridized carbons (Fsp3) is 0.857. The Balaban J connectivity index is 1.56. The SMILES string of the molecule is CC1(C(=O)O)CCN(C(=O)NC2CC3CCC2C3)C1. The van der Waals surface area contributed by atoms with Crippen LogP contribution in [0.2, 0.25) is 0 Å². The minimum absolute atomic E-state index is 0.0671. The summed E-state index contributed by atoms with van der Waals surface area (Å²) < 4.78 is 0. The zero-order valence-corrected chi connectivity index (χ0v) is 11.4. The first-order valence-corrected chi connectivity index (χ1v) is 7.27. The molecule has 0 aromatic carbocycles. The molecule has 2 bridgehead atoms. The summed E-state index contributed by atoms with van der Waals surface area (Å²) in [5.74, 6) is 0.656. The second-order valence-electron chi connectivity index (χ2n) is 6.77. The van der Waals surface area contributed by atoms with Crippen LogP contribution in [-0.2, 0) is 4.79 Å². The van der Waals surface area contributed by atoms with Gasteiger partial charge in [-0.2, -0.15) is 0 Å². The van der Waals surface area contributed by atoms with Crippen LogP contribution in [0.3, 0.4) is 0 Å².